The Morgan fingerprint density at radius 1 is 1.26 bits per heavy atom. The van der Waals surface area contributed by atoms with Crippen LogP contribution in [0.4, 0.5) is 0 Å². The second-order valence-corrected chi connectivity index (χ2v) is 8.01. The van der Waals surface area contributed by atoms with E-state index in [0.29, 0.717) is 18.3 Å². The van der Waals surface area contributed by atoms with Crippen LogP contribution in [0, 0.1) is 13.8 Å². The van der Waals surface area contributed by atoms with Gasteiger partial charge in [-0.05, 0) is 38.0 Å². The van der Waals surface area contributed by atoms with E-state index in [1.54, 1.807) is 4.68 Å². The Morgan fingerprint density at radius 2 is 2.00 bits per heavy atom. The number of nitrogens with one attached hydrogen (secondary N) is 1. The van der Waals surface area contributed by atoms with Crippen LogP contribution in [0.5, 0.6) is 0 Å². The third-order valence-electron chi connectivity index (χ3n) is 5.73. The zero-order chi connectivity index (χ0) is 19.1. The zero-order valence-corrected chi connectivity index (χ0v) is 16.7. The number of nitrogens with zero attached hydrogens (tertiary/aromatic N) is 3. The van der Waals surface area contributed by atoms with Crippen LogP contribution in [0.1, 0.15) is 39.8 Å². The molecular weight excluding hydrogens is 364 g/mol. The number of carbonyl (C=O) groups excluding carboxylic acids is 1. The molecule has 1 amide bonds. The summed E-state index contributed by atoms with van der Waals surface area (Å²) in [5, 5.41) is 8.27. The summed E-state index contributed by atoms with van der Waals surface area (Å²) in [5.41, 5.74) is 3.63. The Bertz CT molecular complexity index is 848. The molecule has 1 aromatic carbocycles. The Hall–Kier alpha value is -1.89. The number of aryl methyl sites for hydroxylation is 2. The molecule has 0 spiro atoms. The number of carbonyl (C=O) groups is 1. The van der Waals surface area contributed by atoms with E-state index in [4.69, 9.17) is 16.3 Å². The fourth-order valence-electron chi connectivity index (χ4n) is 4.19. The number of ether oxygens (including phenoxy) is 1. The van der Waals surface area contributed by atoms with Gasteiger partial charge < -0.3 is 10.1 Å². The molecule has 0 saturated carbocycles. The van der Waals surface area contributed by atoms with Gasteiger partial charge in [0, 0.05) is 42.8 Å². The van der Waals surface area contributed by atoms with E-state index < -0.39 is 0 Å². The second-order valence-electron chi connectivity index (χ2n) is 7.57. The Morgan fingerprint density at radius 3 is 2.67 bits per heavy atom. The van der Waals surface area contributed by atoms with Gasteiger partial charge in [0.15, 0.2) is 0 Å². The fourth-order valence-corrected chi connectivity index (χ4v) is 4.32. The third-order valence-corrected chi connectivity index (χ3v) is 5.98. The maximum atomic E-state index is 12.7. The van der Waals surface area contributed by atoms with Crippen molar-refractivity contribution in [2.45, 2.75) is 38.5 Å². The molecule has 2 fully saturated rings. The Balaban J connectivity index is 1.40. The summed E-state index contributed by atoms with van der Waals surface area (Å²) >= 11 is 5.98. The first-order valence-corrected chi connectivity index (χ1v) is 9.72. The first kappa shape index (κ1) is 18.5. The van der Waals surface area contributed by atoms with Crippen LogP contribution in [-0.2, 0) is 11.8 Å². The minimum absolute atomic E-state index is 0.0457. The lowest BCUT2D eigenvalue weighted by molar-refractivity contribution is -0.0502. The van der Waals surface area contributed by atoms with Crippen LogP contribution in [0.2, 0.25) is 5.02 Å². The molecule has 27 heavy (non-hydrogen) atoms. The number of morpholine rings is 1. The van der Waals surface area contributed by atoms with E-state index in [1.807, 2.05) is 45.2 Å². The highest BCUT2D eigenvalue weighted by Crippen LogP contribution is 2.31. The number of aromatic nitrogens is 2. The standard InChI is InChI=1S/C20H25ClN4O2/c1-12-13(2)23-24(3)19(12)20(26)22-16-8-17-11-27-18(10-25(17)9-16)14-4-6-15(21)7-5-14/h4-7,16-18H,8-11H2,1-3H3,(H,22,26)/t16-,17-,18+/m0/s1. The summed E-state index contributed by atoms with van der Waals surface area (Å²) in [6.45, 7) is 6.24. The molecule has 6 nitrogen and oxygen atoms in total. The predicted octanol–water partition coefficient (Wildman–Crippen LogP) is 2.63. The van der Waals surface area contributed by atoms with Crippen LogP contribution in [-0.4, -0.2) is 52.4 Å². The van der Waals surface area contributed by atoms with Crippen LogP contribution in [0.15, 0.2) is 24.3 Å². The summed E-state index contributed by atoms with van der Waals surface area (Å²) in [4.78, 5) is 15.2. The fraction of sp³-hybridized carbons (Fsp3) is 0.500. The highest BCUT2D eigenvalue weighted by Gasteiger charge is 2.38. The van der Waals surface area contributed by atoms with E-state index in [2.05, 4.69) is 15.3 Å². The van der Waals surface area contributed by atoms with Gasteiger partial charge >= 0.3 is 0 Å². The summed E-state index contributed by atoms with van der Waals surface area (Å²) < 4.78 is 7.75. The summed E-state index contributed by atoms with van der Waals surface area (Å²) in [5.74, 6) is -0.0457. The number of benzene rings is 1. The second kappa shape index (κ2) is 7.26. The molecule has 1 N–H and O–H groups in total. The molecule has 2 aromatic rings. The third kappa shape index (κ3) is 3.61. The van der Waals surface area contributed by atoms with E-state index in [-0.39, 0.29) is 18.1 Å². The van der Waals surface area contributed by atoms with Crippen LogP contribution in [0.25, 0.3) is 0 Å². The van der Waals surface area contributed by atoms with Gasteiger partial charge in [-0.2, -0.15) is 5.10 Å². The molecule has 0 aliphatic carbocycles. The summed E-state index contributed by atoms with van der Waals surface area (Å²) in [6, 6.07) is 8.33. The maximum absolute atomic E-state index is 12.7. The van der Waals surface area contributed by atoms with Crippen molar-refractivity contribution in [3.63, 3.8) is 0 Å². The van der Waals surface area contributed by atoms with Gasteiger partial charge in [0.05, 0.1) is 18.4 Å². The van der Waals surface area contributed by atoms with Crippen molar-refractivity contribution in [2.75, 3.05) is 19.7 Å². The lowest BCUT2D eigenvalue weighted by Gasteiger charge is -2.35. The van der Waals surface area contributed by atoms with Crippen molar-refractivity contribution < 1.29 is 9.53 Å². The van der Waals surface area contributed by atoms with Crippen molar-refractivity contribution >= 4 is 17.5 Å². The first-order valence-electron chi connectivity index (χ1n) is 9.34. The largest absolute Gasteiger partial charge is 0.371 e. The van der Waals surface area contributed by atoms with Crippen LogP contribution < -0.4 is 5.32 Å². The molecule has 7 heteroatoms. The summed E-state index contributed by atoms with van der Waals surface area (Å²) in [6.07, 6.45) is 0.963. The lowest BCUT2D eigenvalue weighted by Crippen LogP contribution is -2.43. The van der Waals surface area contributed by atoms with Gasteiger partial charge in [-0.3, -0.25) is 14.4 Å². The summed E-state index contributed by atoms with van der Waals surface area (Å²) in [7, 11) is 1.82. The van der Waals surface area contributed by atoms with Crippen molar-refractivity contribution in [2.24, 2.45) is 7.05 Å². The molecular formula is C20H25ClN4O2. The molecule has 2 aliphatic heterocycles. The van der Waals surface area contributed by atoms with E-state index in [0.717, 1.165) is 41.4 Å². The number of amides is 1. The van der Waals surface area contributed by atoms with Crippen LogP contribution >= 0.6 is 11.6 Å². The molecule has 144 valence electrons. The normalized spacial score (nSPS) is 25.4. The highest BCUT2D eigenvalue weighted by molar-refractivity contribution is 6.30. The molecule has 2 aliphatic rings. The maximum Gasteiger partial charge on any atom is 0.270 e. The van der Waals surface area contributed by atoms with E-state index >= 15 is 0 Å². The molecule has 2 saturated heterocycles. The van der Waals surface area contributed by atoms with E-state index in [1.165, 1.54) is 0 Å². The van der Waals surface area contributed by atoms with Gasteiger partial charge in [0.25, 0.3) is 5.91 Å². The number of halogens is 1. The monoisotopic (exact) mass is 388 g/mol. The average molecular weight is 389 g/mol. The molecule has 1 aromatic heterocycles. The topological polar surface area (TPSA) is 59.4 Å². The zero-order valence-electron chi connectivity index (χ0n) is 15.9. The molecule has 0 unspecified atom stereocenters. The highest BCUT2D eigenvalue weighted by atomic mass is 35.5. The quantitative estimate of drug-likeness (QED) is 0.878. The predicted molar refractivity (Wildman–Crippen MR) is 104 cm³/mol. The Kier molecular flexibility index (Phi) is 4.97. The van der Waals surface area contributed by atoms with E-state index in [9.17, 15) is 4.79 Å². The van der Waals surface area contributed by atoms with Crippen LogP contribution in [0.3, 0.4) is 0 Å². The van der Waals surface area contributed by atoms with Crippen molar-refractivity contribution in [1.29, 1.82) is 0 Å². The lowest BCUT2D eigenvalue weighted by atomic mass is 10.1. The molecule has 0 bridgehead atoms. The first-order chi connectivity index (χ1) is 12.9. The van der Waals surface area contributed by atoms with Crippen molar-refractivity contribution in [1.82, 2.24) is 20.0 Å². The molecule has 4 rings (SSSR count). The van der Waals surface area contributed by atoms with Gasteiger partial charge in [-0.1, -0.05) is 23.7 Å². The molecule has 0 radical (unpaired) electrons. The minimum atomic E-state index is -0.0457. The minimum Gasteiger partial charge on any atom is -0.371 e. The Labute approximate surface area is 164 Å². The average Bonchev–Trinajstić information content (AvgIpc) is 3.14. The van der Waals surface area contributed by atoms with Gasteiger partial charge in [0.1, 0.15) is 5.69 Å². The SMILES string of the molecule is Cc1nn(C)c(C(=O)N[C@H]2C[C@H]3CO[C@@H](c4ccc(Cl)cc4)CN3C2)c1C. The van der Waals surface area contributed by atoms with Crippen molar-refractivity contribution in [3.8, 4) is 0 Å². The van der Waals surface area contributed by atoms with Crippen molar-refractivity contribution in [3.05, 3.63) is 51.8 Å². The number of rotatable bonds is 3. The van der Waals surface area contributed by atoms with Gasteiger partial charge in [-0.15, -0.1) is 0 Å². The van der Waals surface area contributed by atoms with Gasteiger partial charge in [0.2, 0.25) is 0 Å². The number of hydrogen-bond acceptors (Lipinski definition) is 4. The molecule has 3 heterocycles. The van der Waals surface area contributed by atoms with Gasteiger partial charge in [-0.25, -0.2) is 0 Å². The smallest absolute Gasteiger partial charge is 0.270 e. The number of fused-ring (bicyclic) bond motifs is 1. The molecule has 3 atom stereocenters. The number of hydrogen-bond donors (Lipinski definition) is 1.